The lowest BCUT2D eigenvalue weighted by molar-refractivity contribution is -0.183. The van der Waals surface area contributed by atoms with Crippen molar-refractivity contribution >= 4 is 23.1 Å². The molecular formula is C30H37F5N8O3. The van der Waals surface area contributed by atoms with Crippen LogP contribution in [0.4, 0.5) is 27.6 Å². The maximum atomic E-state index is 14.1. The zero-order valence-electron chi connectivity index (χ0n) is 25.4. The molecule has 2 N–H and O–H groups in total. The Morgan fingerprint density at radius 3 is 2.65 bits per heavy atom. The number of aromatic nitrogens is 5. The van der Waals surface area contributed by atoms with Gasteiger partial charge in [-0.3, -0.25) is 14.3 Å². The number of hydrogen-bond acceptors (Lipinski definition) is 7. The number of amides is 2. The predicted octanol–water partition coefficient (Wildman–Crippen LogP) is 3.94. The molecular weight excluding hydrogens is 615 g/mol. The highest BCUT2D eigenvalue weighted by atomic mass is 19.4. The average molecular weight is 653 g/mol. The first-order valence-electron chi connectivity index (χ1n) is 15.7. The monoisotopic (exact) mass is 652 g/mol. The number of nitrogens with one attached hydrogen (secondary N) is 2. The predicted molar refractivity (Wildman–Crippen MR) is 155 cm³/mol. The number of morpholine rings is 1. The molecule has 3 atom stereocenters. The van der Waals surface area contributed by atoms with Crippen molar-refractivity contribution in [3.05, 3.63) is 41.6 Å². The molecule has 3 unspecified atom stereocenters. The molecule has 46 heavy (non-hydrogen) atoms. The van der Waals surface area contributed by atoms with Crippen LogP contribution in [-0.2, 0) is 22.5 Å². The number of halogens is 5. The van der Waals surface area contributed by atoms with E-state index in [0.29, 0.717) is 61.3 Å². The van der Waals surface area contributed by atoms with Crippen molar-refractivity contribution in [2.75, 3.05) is 37.7 Å². The van der Waals surface area contributed by atoms with Crippen LogP contribution in [0, 0.1) is 17.8 Å². The number of aryl methyl sites for hydroxylation is 1. The second-order valence-corrected chi connectivity index (χ2v) is 12.3. The molecule has 5 heterocycles. The third kappa shape index (κ3) is 6.81. The van der Waals surface area contributed by atoms with Crippen LogP contribution in [0.15, 0.2) is 24.5 Å². The van der Waals surface area contributed by atoms with Crippen LogP contribution in [0.25, 0.3) is 5.65 Å². The van der Waals surface area contributed by atoms with E-state index in [2.05, 4.69) is 15.7 Å². The number of ether oxygens (including phenoxy) is 1. The molecule has 2 amide bonds. The quantitative estimate of drug-likeness (QED) is 0.354. The van der Waals surface area contributed by atoms with E-state index < -0.39 is 48.3 Å². The van der Waals surface area contributed by atoms with Gasteiger partial charge in [0.1, 0.15) is 5.69 Å². The SMILES string of the molecule is CCn1nccc1C(=O)NC(c1cn2nc(CC3CC(C(F)(F)F)CNC3=O)c(N3CCOCC3)cc2n1)C1CCC(F)(F)CC1. The topological polar surface area (TPSA) is 119 Å². The molecule has 0 radical (unpaired) electrons. The summed E-state index contributed by atoms with van der Waals surface area (Å²) >= 11 is 0. The molecule has 0 aromatic carbocycles. The summed E-state index contributed by atoms with van der Waals surface area (Å²) in [4.78, 5) is 32.9. The highest BCUT2D eigenvalue weighted by molar-refractivity contribution is 5.92. The maximum absolute atomic E-state index is 14.1. The Bertz CT molecular complexity index is 1560. The third-order valence-corrected chi connectivity index (χ3v) is 9.33. The van der Waals surface area contributed by atoms with E-state index in [9.17, 15) is 31.5 Å². The zero-order valence-corrected chi connectivity index (χ0v) is 25.4. The number of rotatable bonds is 8. The van der Waals surface area contributed by atoms with Crippen molar-refractivity contribution in [1.82, 2.24) is 35.0 Å². The fraction of sp³-hybridized carbons (Fsp3) is 0.633. The van der Waals surface area contributed by atoms with Gasteiger partial charge in [-0.1, -0.05) is 0 Å². The van der Waals surface area contributed by atoms with Gasteiger partial charge in [-0.05, 0) is 38.2 Å². The summed E-state index contributed by atoms with van der Waals surface area (Å²) in [6.07, 6.45) is -1.94. The molecule has 1 aliphatic carbocycles. The number of carbonyl (C=O) groups is 2. The molecule has 3 aromatic heterocycles. The van der Waals surface area contributed by atoms with Crippen molar-refractivity contribution in [1.29, 1.82) is 0 Å². The van der Waals surface area contributed by atoms with Crippen LogP contribution in [0.2, 0.25) is 0 Å². The van der Waals surface area contributed by atoms with Gasteiger partial charge in [0.2, 0.25) is 11.8 Å². The van der Waals surface area contributed by atoms with Gasteiger partial charge in [0.15, 0.2) is 5.65 Å². The van der Waals surface area contributed by atoms with Crippen LogP contribution in [0.1, 0.15) is 66.9 Å². The molecule has 3 aromatic rings. The number of alkyl halides is 5. The number of nitrogens with zero attached hydrogens (tertiary/aromatic N) is 6. The second-order valence-electron chi connectivity index (χ2n) is 12.3. The Labute approximate surface area is 261 Å². The molecule has 0 spiro atoms. The van der Waals surface area contributed by atoms with Gasteiger partial charge in [0, 0.05) is 63.6 Å². The van der Waals surface area contributed by atoms with E-state index in [1.165, 1.54) is 15.4 Å². The average Bonchev–Trinajstić information content (AvgIpc) is 3.67. The van der Waals surface area contributed by atoms with Crippen molar-refractivity contribution < 1.29 is 36.3 Å². The summed E-state index contributed by atoms with van der Waals surface area (Å²) in [5.41, 5.74) is 2.25. The van der Waals surface area contributed by atoms with E-state index >= 15 is 0 Å². The number of anilines is 1. The van der Waals surface area contributed by atoms with Gasteiger partial charge in [0.25, 0.3) is 5.91 Å². The van der Waals surface area contributed by atoms with Gasteiger partial charge in [-0.25, -0.2) is 18.3 Å². The van der Waals surface area contributed by atoms with E-state index in [4.69, 9.17) is 14.8 Å². The first-order chi connectivity index (χ1) is 21.9. The molecule has 0 bridgehead atoms. The fourth-order valence-electron chi connectivity index (χ4n) is 6.72. The summed E-state index contributed by atoms with van der Waals surface area (Å²) < 4.78 is 77.5. The van der Waals surface area contributed by atoms with Gasteiger partial charge in [0.05, 0.1) is 48.4 Å². The van der Waals surface area contributed by atoms with Crippen molar-refractivity contribution in [3.63, 3.8) is 0 Å². The van der Waals surface area contributed by atoms with E-state index in [-0.39, 0.29) is 44.4 Å². The molecule has 2 aliphatic heterocycles. The normalized spacial score (nSPS) is 23.3. The largest absolute Gasteiger partial charge is 0.393 e. The molecule has 6 rings (SSSR count). The highest BCUT2D eigenvalue weighted by Crippen LogP contribution is 2.42. The lowest BCUT2D eigenvalue weighted by Crippen LogP contribution is -2.47. The molecule has 1 saturated carbocycles. The Kier molecular flexibility index (Phi) is 8.91. The van der Waals surface area contributed by atoms with E-state index in [1.807, 2.05) is 11.8 Å². The van der Waals surface area contributed by atoms with Crippen molar-refractivity contribution in [3.8, 4) is 0 Å². The summed E-state index contributed by atoms with van der Waals surface area (Å²) in [6, 6.07) is 2.65. The van der Waals surface area contributed by atoms with Crippen molar-refractivity contribution in [2.45, 2.75) is 70.1 Å². The first-order valence-corrected chi connectivity index (χ1v) is 15.7. The van der Waals surface area contributed by atoms with E-state index in [0.717, 1.165) is 0 Å². The summed E-state index contributed by atoms with van der Waals surface area (Å²) in [6.45, 7) is 3.78. The number of fused-ring (bicyclic) bond motifs is 1. The minimum atomic E-state index is -4.44. The minimum Gasteiger partial charge on any atom is -0.378 e. The molecule has 250 valence electrons. The Morgan fingerprint density at radius 2 is 1.96 bits per heavy atom. The standard InChI is InChI=1S/C30H37F5N8O3/c1-2-42-23(5-8-37-42)28(45)39-26(18-3-6-29(31,32)7-4-18)22-17-43-25(38-22)15-24(41-9-11-46-12-10-41)21(40-43)14-19-13-20(30(33,34)35)16-36-27(19)44/h5,8,15,17-20,26H,2-4,6-7,9-14,16H2,1H3,(H,36,44)(H,39,45). The highest BCUT2D eigenvalue weighted by Gasteiger charge is 2.45. The smallest absolute Gasteiger partial charge is 0.378 e. The lowest BCUT2D eigenvalue weighted by Gasteiger charge is -2.33. The molecule has 3 aliphatic rings. The van der Waals surface area contributed by atoms with Crippen LogP contribution in [0.5, 0.6) is 0 Å². The Hall–Kier alpha value is -3.82. The first kappa shape index (κ1) is 32.1. The minimum absolute atomic E-state index is 0.0204. The van der Waals surface area contributed by atoms with Crippen LogP contribution >= 0.6 is 0 Å². The zero-order chi connectivity index (χ0) is 32.6. The second kappa shape index (κ2) is 12.8. The van der Waals surface area contributed by atoms with Gasteiger partial charge in [-0.15, -0.1) is 0 Å². The number of piperidine rings is 1. The van der Waals surface area contributed by atoms with E-state index in [1.54, 1.807) is 18.3 Å². The summed E-state index contributed by atoms with van der Waals surface area (Å²) in [5.74, 6) is -6.55. The summed E-state index contributed by atoms with van der Waals surface area (Å²) in [7, 11) is 0. The summed E-state index contributed by atoms with van der Waals surface area (Å²) in [5, 5.41) is 14.3. The van der Waals surface area contributed by atoms with Crippen molar-refractivity contribution in [2.24, 2.45) is 17.8 Å². The van der Waals surface area contributed by atoms with Gasteiger partial charge in [-0.2, -0.15) is 23.4 Å². The van der Waals surface area contributed by atoms with Gasteiger partial charge >= 0.3 is 6.18 Å². The fourth-order valence-corrected chi connectivity index (χ4v) is 6.72. The number of hydrogen-bond donors (Lipinski definition) is 2. The molecule has 16 heteroatoms. The third-order valence-electron chi connectivity index (χ3n) is 9.33. The molecule has 2 saturated heterocycles. The van der Waals surface area contributed by atoms with Crippen LogP contribution < -0.4 is 15.5 Å². The van der Waals surface area contributed by atoms with Crippen LogP contribution in [-0.4, -0.2) is 81.1 Å². The number of carbonyl (C=O) groups excluding carboxylic acids is 2. The van der Waals surface area contributed by atoms with Crippen LogP contribution in [0.3, 0.4) is 0 Å². The lowest BCUT2D eigenvalue weighted by atomic mass is 9.81. The maximum Gasteiger partial charge on any atom is 0.393 e. The van der Waals surface area contributed by atoms with Gasteiger partial charge < -0.3 is 20.3 Å². The Morgan fingerprint density at radius 1 is 1.22 bits per heavy atom. The molecule has 11 nitrogen and oxygen atoms in total. The Balaban J connectivity index is 1.35. The molecule has 3 fully saturated rings. The number of imidazole rings is 1.